The number of benzene rings is 1. The fourth-order valence-corrected chi connectivity index (χ4v) is 4.63. The lowest BCUT2D eigenvalue weighted by molar-refractivity contribution is -0.154. The molecule has 2 atom stereocenters. The number of aliphatic hydroxyl groups is 1. The van der Waals surface area contributed by atoms with E-state index in [-0.39, 0.29) is 55.4 Å². The molecule has 0 radical (unpaired) electrons. The maximum absolute atomic E-state index is 13.6. The van der Waals surface area contributed by atoms with Crippen molar-refractivity contribution in [1.29, 1.82) is 0 Å². The first kappa shape index (κ1) is 30.0. The summed E-state index contributed by atoms with van der Waals surface area (Å²) in [5.41, 5.74) is 0.128. The average Bonchev–Trinajstić information content (AvgIpc) is 3.70. The maximum Gasteiger partial charge on any atom is 0.435 e. The van der Waals surface area contributed by atoms with E-state index >= 15 is 0 Å². The van der Waals surface area contributed by atoms with Crippen molar-refractivity contribution in [3.8, 4) is 22.9 Å². The van der Waals surface area contributed by atoms with Gasteiger partial charge < -0.3 is 24.1 Å². The van der Waals surface area contributed by atoms with Crippen LogP contribution in [0.25, 0.3) is 16.9 Å². The summed E-state index contributed by atoms with van der Waals surface area (Å²) in [6.45, 7) is 1.99. The van der Waals surface area contributed by atoms with E-state index in [2.05, 4.69) is 15.1 Å². The number of imidazole rings is 1. The quantitative estimate of drug-likeness (QED) is 0.211. The van der Waals surface area contributed by atoms with Crippen molar-refractivity contribution in [3.05, 3.63) is 59.8 Å². The Kier molecular flexibility index (Phi) is 8.64. The molecule has 1 fully saturated rings. The third-order valence-electron chi connectivity index (χ3n) is 6.67. The highest BCUT2D eigenvalue weighted by atomic mass is 19.4. The molecular formula is C28H28F3N5O7. The van der Waals surface area contributed by atoms with Crippen molar-refractivity contribution >= 4 is 17.6 Å². The first-order valence-electron chi connectivity index (χ1n) is 13.4. The van der Waals surface area contributed by atoms with Crippen LogP contribution >= 0.6 is 0 Å². The Morgan fingerprint density at radius 1 is 1.19 bits per heavy atom. The van der Waals surface area contributed by atoms with Crippen LogP contribution in [0.1, 0.15) is 41.4 Å². The van der Waals surface area contributed by atoms with Crippen molar-refractivity contribution in [2.75, 3.05) is 19.8 Å². The van der Waals surface area contributed by atoms with Gasteiger partial charge in [-0.1, -0.05) is 6.92 Å². The molecule has 1 N–H and O–H groups in total. The Labute approximate surface area is 243 Å². The number of hydrogen-bond donors (Lipinski definition) is 1. The molecule has 0 aliphatic carbocycles. The predicted molar refractivity (Wildman–Crippen MR) is 142 cm³/mol. The molecule has 228 valence electrons. The lowest BCUT2D eigenvalue weighted by Crippen LogP contribution is -2.23. The van der Waals surface area contributed by atoms with Gasteiger partial charge in [0, 0.05) is 38.5 Å². The van der Waals surface area contributed by atoms with Crippen molar-refractivity contribution in [1.82, 2.24) is 24.1 Å². The van der Waals surface area contributed by atoms with Crippen LogP contribution in [0.5, 0.6) is 11.6 Å². The standard InChI is InChI=1S/C28H28F3N5O7/c1-3-16-11-18(5-6-19(16)26(38)40-9-4-10-41-27(39)22-12-17(37)15-42-22)43-25-24-33-13-21(36(24)8-7-32-25)20-14-35(2)34-23(20)28(29,30)31/h5-8,11,13-14,17,22,37H,3-4,9-10,12,15H2,1-2H3/t17-,22+/m1/s1. The smallest absolute Gasteiger partial charge is 0.435 e. The second-order valence-corrected chi connectivity index (χ2v) is 9.78. The second-order valence-electron chi connectivity index (χ2n) is 9.78. The number of halogens is 3. The molecule has 1 saturated heterocycles. The van der Waals surface area contributed by atoms with Gasteiger partial charge in [-0.05, 0) is 30.2 Å². The SMILES string of the molecule is CCc1cc(Oc2nccn3c(-c4cn(C)nc4C(F)(F)F)cnc23)ccc1C(=O)OCCCOC(=O)[C@@H]1C[C@@H](O)CO1. The Bertz CT molecular complexity index is 1630. The molecule has 3 aromatic heterocycles. The van der Waals surface area contributed by atoms with E-state index in [1.54, 1.807) is 18.2 Å². The van der Waals surface area contributed by atoms with Gasteiger partial charge in [0.05, 0.1) is 48.9 Å². The van der Waals surface area contributed by atoms with Gasteiger partial charge in [0.15, 0.2) is 11.8 Å². The van der Waals surface area contributed by atoms with Gasteiger partial charge >= 0.3 is 18.1 Å². The summed E-state index contributed by atoms with van der Waals surface area (Å²) in [5, 5.41) is 13.0. The largest absolute Gasteiger partial charge is 0.464 e. The van der Waals surface area contributed by atoms with Gasteiger partial charge in [-0.25, -0.2) is 19.6 Å². The summed E-state index contributed by atoms with van der Waals surface area (Å²) in [6.07, 6.45) is 0.228. The molecule has 1 aromatic carbocycles. The fraction of sp³-hybridized carbons (Fsp3) is 0.393. The number of carbonyl (C=O) groups is 2. The van der Waals surface area contributed by atoms with Crippen molar-refractivity contribution in [2.24, 2.45) is 7.05 Å². The molecule has 15 heteroatoms. The highest BCUT2D eigenvalue weighted by molar-refractivity contribution is 5.91. The number of aliphatic hydroxyl groups excluding tert-OH is 1. The van der Waals surface area contributed by atoms with Gasteiger partial charge in [-0.3, -0.25) is 9.08 Å². The van der Waals surface area contributed by atoms with Crippen LogP contribution in [0, 0.1) is 0 Å². The van der Waals surface area contributed by atoms with Crippen LogP contribution in [-0.2, 0) is 38.6 Å². The third kappa shape index (κ3) is 6.62. The highest BCUT2D eigenvalue weighted by Crippen LogP contribution is 2.37. The first-order chi connectivity index (χ1) is 20.5. The molecule has 0 spiro atoms. The van der Waals surface area contributed by atoms with Crippen molar-refractivity contribution < 1.29 is 46.8 Å². The third-order valence-corrected chi connectivity index (χ3v) is 6.67. The summed E-state index contributed by atoms with van der Waals surface area (Å²) in [4.78, 5) is 33.1. The van der Waals surface area contributed by atoms with Crippen LogP contribution in [0.3, 0.4) is 0 Å². The van der Waals surface area contributed by atoms with Crippen LogP contribution in [0.2, 0.25) is 0 Å². The first-order valence-corrected chi connectivity index (χ1v) is 13.4. The molecule has 0 amide bonds. The molecule has 12 nitrogen and oxygen atoms in total. The summed E-state index contributed by atoms with van der Waals surface area (Å²) in [7, 11) is 1.40. The van der Waals surface area contributed by atoms with Gasteiger partial charge in [0.1, 0.15) is 5.75 Å². The van der Waals surface area contributed by atoms with Crippen LogP contribution in [-0.4, -0.2) is 73.2 Å². The number of esters is 2. The molecule has 0 saturated carbocycles. The summed E-state index contributed by atoms with van der Waals surface area (Å²) < 4.78 is 64.8. The number of hydrogen-bond acceptors (Lipinski definition) is 10. The Balaban J connectivity index is 1.24. The minimum atomic E-state index is -4.66. The molecule has 0 unspecified atom stereocenters. The van der Waals surface area contributed by atoms with E-state index in [0.29, 0.717) is 23.3 Å². The van der Waals surface area contributed by atoms with Crippen LogP contribution in [0.4, 0.5) is 13.2 Å². The molecular weight excluding hydrogens is 575 g/mol. The van der Waals surface area contributed by atoms with E-state index in [4.69, 9.17) is 18.9 Å². The molecule has 4 aromatic rings. The topological polar surface area (TPSA) is 139 Å². The summed E-state index contributed by atoms with van der Waals surface area (Å²) in [6, 6.07) is 4.74. The number of rotatable bonds is 10. The van der Waals surface area contributed by atoms with E-state index in [1.807, 2.05) is 6.92 Å². The highest BCUT2D eigenvalue weighted by Gasteiger charge is 2.38. The maximum atomic E-state index is 13.6. The Hall–Kier alpha value is -4.50. The number of carbonyl (C=O) groups excluding carboxylic acids is 2. The number of fused-ring (bicyclic) bond motifs is 1. The van der Waals surface area contributed by atoms with E-state index < -0.39 is 36.0 Å². The number of aromatic nitrogens is 5. The molecule has 1 aliphatic heterocycles. The molecule has 5 rings (SSSR count). The minimum absolute atomic E-state index is 0.0167. The summed E-state index contributed by atoms with van der Waals surface area (Å²) in [5.74, 6) is -0.739. The van der Waals surface area contributed by atoms with E-state index in [1.165, 1.54) is 36.2 Å². The van der Waals surface area contributed by atoms with E-state index in [9.17, 15) is 27.9 Å². The van der Waals surface area contributed by atoms with Gasteiger partial charge in [-0.15, -0.1) is 0 Å². The van der Waals surface area contributed by atoms with E-state index in [0.717, 1.165) is 4.68 Å². The lowest BCUT2D eigenvalue weighted by atomic mass is 10.0. The molecule has 0 bridgehead atoms. The van der Waals surface area contributed by atoms with Crippen LogP contribution in [0.15, 0.2) is 43.0 Å². The molecule has 43 heavy (non-hydrogen) atoms. The lowest BCUT2D eigenvalue weighted by Gasteiger charge is -2.12. The zero-order valence-corrected chi connectivity index (χ0v) is 23.2. The fourth-order valence-electron chi connectivity index (χ4n) is 4.63. The number of ether oxygens (including phenoxy) is 4. The zero-order valence-electron chi connectivity index (χ0n) is 23.2. The Morgan fingerprint density at radius 3 is 2.70 bits per heavy atom. The van der Waals surface area contributed by atoms with Gasteiger partial charge in [0.2, 0.25) is 5.65 Å². The number of alkyl halides is 3. The van der Waals surface area contributed by atoms with Crippen molar-refractivity contribution in [2.45, 2.75) is 44.6 Å². The van der Waals surface area contributed by atoms with Crippen molar-refractivity contribution in [3.63, 3.8) is 0 Å². The number of aryl methyl sites for hydroxylation is 2. The monoisotopic (exact) mass is 603 g/mol. The number of nitrogens with zero attached hydrogens (tertiary/aromatic N) is 5. The Morgan fingerprint density at radius 2 is 1.98 bits per heavy atom. The summed E-state index contributed by atoms with van der Waals surface area (Å²) >= 11 is 0. The molecule has 4 heterocycles. The normalized spacial score (nSPS) is 16.9. The van der Waals surface area contributed by atoms with Crippen LogP contribution < -0.4 is 4.74 Å². The minimum Gasteiger partial charge on any atom is -0.464 e. The molecule has 1 aliphatic rings. The zero-order chi connectivity index (χ0) is 30.7. The average molecular weight is 604 g/mol. The van der Waals surface area contributed by atoms with Gasteiger partial charge in [-0.2, -0.15) is 18.3 Å². The predicted octanol–water partition coefficient (Wildman–Crippen LogP) is 3.74. The second kappa shape index (κ2) is 12.4. The van der Waals surface area contributed by atoms with Gasteiger partial charge in [0.25, 0.3) is 5.88 Å².